The predicted molar refractivity (Wildman–Crippen MR) is 153 cm³/mol. The van der Waals surface area contributed by atoms with Gasteiger partial charge in [0.15, 0.2) is 10.3 Å². The highest BCUT2D eigenvalue weighted by molar-refractivity contribution is 7.99. The fourth-order valence-corrected chi connectivity index (χ4v) is 7.60. The monoisotopic (exact) mass is 562 g/mol. The van der Waals surface area contributed by atoms with Crippen LogP contribution in [0.3, 0.4) is 0 Å². The summed E-state index contributed by atoms with van der Waals surface area (Å²) >= 11 is 4.23. The number of aromatic nitrogens is 3. The second-order valence-electron chi connectivity index (χ2n) is 9.03. The number of anilines is 1. The molecule has 0 atom stereocenters. The van der Waals surface area contributed by atoms with Gasteiger partial charge in [0, 0.05) is 22.4 Å². The van der Waals surface area contributed by atoms with Crippen molar-refractivity contribution < 1.29 is 9.18 Å². The summed E-state index contributed by atoms with van der Waals surface area (Å²) in [4.78, 5) is 38.8. The van der Waals surface area contributed by atoms with E-state index in [0.29, 0.717) is 16.7 Å². The second-order valence-corrected chi connectivity index (χ2v) is 12.2. The van der Waals surface area contributed by atoms with Crippen molar-refractivity contribution in [3.05, 3.63) is 97.8 Å². The van der Waals surface area contributed by atoms with E-state index in [0.717, 1.165) is 57.6 Å². The molecular weight excluding hydrogens is 540 g/mol. The van der Waals surface area contributed by atoms with Gasteiger partial charge in [-0.05, 0) is 61.1 Å². The lowest BCUT2D eigenvalue weighted by molar-refractivity contribution is -0.113. The first-order chi connectivity index (χ1) is 18.5. The topological polar surface area (TPSA) is 76.9 Å². The third-order valence-electron chi connectivity index (χ3n) is 6.40. The first-order valence-corrected chi connectivity index (χ1v) is 14.9. The number of aryl methyl sites for hydroxylation is 2. The van der Waals surface area contributed by atoms with E-state index in [-0.39, 0.29) is 23.0 Å². The molecular formula is C28H23FN4O2S3. The summed E-state index contributed by atoms with van der Waals surface area (Å²) in [5, 5.41) is 4.58. The van der Waals surface area contributed by atoms with E-state index >= 15 is 0 Å². The maximum Gasteiger partial charge on any atom is 0.267 e. The Morgan fingerprint density at radius 1 is 1.05 bits per heavy atom. The van der Waals surface area contributed by atoms with Gasteiger partial charge in [-0.2, -0.15) is 0 Å². The number of hydrogen-bond donors (Lipinski definition) is 1. The molecule has 1 aliphatic carbocycles. The van der Waals surface area contributed by atoms with Gasteiger partial charge in [0.2, 0.25) is 5.91 Å². The lowest BCUT2D eigenvalue weighted by atomic mass is 9.97. The molecule has 0 spiro atoms. The van der Waals surface area contributed by atoms with Crippen LogP contribution in [0.5, 0.6) is 0 Å². The van der Waals surface area contributed by atoms with Crippen molar-refractivity contribution >= 4 is 55.7 Å². The van der Waals surface area contributed by atoms with E-state index in [1.165, 1.54) is 40.1 Å². The number of thiophene rings is 1. The van der Waals surface area contributed by atoms with Crippen LogP contribution in [0.1, 0.15) is 33.7 Å². The van der Waals surface area contributed by atoms with Crippen LogP contribution in [-0.4, -0.2) is 26.2 Å². The van der Waals surface area contributed by atoms with Crippen LogP contribution in [0.15, 0.2) is 70.7 Å². The third kappa shape index (κ3) is 5.16. The van der Waals surface area contributed by atoms with Crippen molar-refractivity contribution in [2.75, 3.05) is 11.1 Å². The number of carbonyl (C=O) groups excluding carboxylic acids is 1. The van der Waals surface area contributed by atoms with Gasteiger partial charge in [0.05, 0.1) is 16.8 Å². The lowest BCUT2D eigenvalue weighted by Crippen LogP contribution is -2.23. The number of rotatable bonds is 7. The number of benzene rings is 2. The average molecular weight is 563 g/mol. The minimum atomic E-state index is -0.270. The van der Waals surface area contributed by atoms with Crippen LogP contribution in [0.4, 0.5) is 9.52 Å². The number of hydrogen-bond acceptors (Lipinski definition) is 7. The first-order valence-electron chi connectivity index (χ1n) is 12.3. The molecule has 0 saturated carbocycles. The highest BCUT2D eigenvalue weighted by Gasteiger charge is 2.23. The Labute approximate surface area is 230 Å². The fourth-order valence-electron chi connectivity index (χ4n) is 4.62. The van der Waals surface area contributed by atoms with E-state index in [1.807, 2.05) is 30.3 Å². The van der Waals surface area contributed by atoms with E-state index in [2.05, 4.69) is 10.3 Å². The largest absolute Gasteiger partial charge is 0.301 e. The molecule has 1 amide bonds. The summed E-state index contributed by atoms with van der Waals surface area (Å²) in [6.07, 6.45) is 6.45. The van der Waals surface area contributed by atoms with Crippen molar-refractivity contribution in [1.29, 1.82) is 0 Å². The van der Waals surface area contributed by atoms with Crippen LogP contribution < -0.4 is 10.9 Å². The Morgan fingerprint density at radius 3 is 2.66 bits per heavy atom. The standard InChI is InChI=1S/C28H23FN4O2S3/c29-18-12-10-17(11-13-18)14-20-15-30-27(37-20)31-23(34)16-36-28-32-25-24(21-8-4-5-9-22(21)38-25)26(35)33(28)19-6-2-1-3-7-19/h1-3,6-7,10-13,15H,4-5,8-9,14,16H2,(H,30,31,34). The summed E-state index contributed by atoms with van der Waals surface area (Å²) in [5.74, 6) is -0.409. The first kappa shape index (κ1) is 25.0. The van der Waals surface area contributed by atoms with Crippen LogP contribution in [0, 0.1) is 5.82 Å². The summed E-state index contributed by atoms with van der Waals surface area (Å²) in [6.45, 7) is 0. The molecule has 6 rings (SSSR count). The molecule has 0 fully saturated rings. The zero-order chi connectivity index (χ0) is 26.1. The molecule has 0 saturated heterocycles. The molecule has 2 aromatic carbocycles. The Hall–Kier alpha value is -3.34. The second kappa shape index (κ2) is 10.8. The SMILES string of the molecule is O=C(CSc1nc2sc3c(c2c(=O)n1-c1ccccc1)CCCC3)Nc1ncc(Cc2ccc(F)cc2)s1. The Morgan fingerprint density at radius 2 is 1.84 bits per heavy atom. The zero-order valence-electron chi connectivity index (χ0n) is 20.3. The number of fused-ring (bicyclic) bond motifs is 3. The number of nitrogens with zero attached hydrogens (tertiary/aromatic N) is 3. The number of para-hydroxylation sites is 1. The maximum atomic E-state index is 13.8. The summed E-state index contributed by atoms with van der Waals surface area (Å²) < 4.78 is 14.8. The van der Waals surface area contributed by atoms with Gasteiger partial charge in [-0.3, -0.25) is 14.2 Å². The maximum absolute atomic E-state index is 13.8. The molecule has 38 heavy (non-hydrogen) atoms. The molecule has 5 aromatic rings. The number of amides is 1. The molecule has 1 aliphatic rings. The lowest BCUT2D eigenvalue weighted by Gasteiger charge is -2.13. The van der Waals surface area contributed by atoms with Crippen LogP contribution >= 0.6 is 34.4 Å². The quantitative estimate of drug-likeness (QED) is 0.188. The van der Waals surface area contributed by atoms with E-state index in [9.17, 15) is 14.0 Å². The van der Waals surface area contributed by atoms with Crippen molar-refractivity contribution in [2.45, 2.75) is 37.3 Å². The number of thiazole rings is 1. The minimum absolute atomic E-state index is 0.0751. The van der Waals surface area contributed by atoms with Gasteiger partial charge in [0.25, 0.3) is 5.56 Å². The Bertz CT molecular complexity index is 1680. The van der Waals surface area contributed by atoms with Crippen LogP contribution in [0.2, 0.25) is 0 Å². The Balaban J connectivity index is 1.22. The van der Waals surface area contributed by atoms with Crippen LogP contribution in [0.25, 0.3) is 15.9 Å². The highest BCUT2D eigenvalue weighted by Crippen LogP contribution is 2.35. The zero-order valence-corrected chi connectivity index (χ0v) is 22.7. The van der Waals surface area contributed by atoms with Crippen molar-refractivity contribution in [1.82, 2.24) is 14.5 Å². The van der Waals surface area contributed by atoms with Gasteiger partial charge in [0.1, 0.15) is 10.6 Å². The Kier molecular flexibility index (Phi) is 7.10. The molecule has 0 radical (unpaired) electrons. The molecule has 0 aliphatic heterocycles. The highest BCUT2D eigenvalue weighted by atomic mass is 32.2. The molecule has 0 unspecified atom stereocenters. The van der Waals surface area contributed by atoms with E-state index in [4.69, 9.17) is 4.98 Å². The summed E-state index contributed by atoms with van der Waals surface area (Å²) in [6, 6.07) is 15.8. The summed E-state index contributed by atoms with van der Waals surface area (Å²) in [5.41, 5.74) is 2.77. The molecule has 1 N–H and O–H groups in total. The number of thioether (sulfide) groups is 1. The number of carbonyl (C=O) groups is 1. The number of nitrogens with one attached hydrogen (secondary N) is 1. The summed E-state index contributed by atoms with van der Waals surface area (Å²) in [7, 11) is 0. The molecule has 3 aromatic heterocycles. The normalized spacial score (nSPS) is 13.0. The molecule has 0 bridgehead atoms. The fraction of sp³-hybridized carbons (Fsp3) is 0.214. The van der Waals surface area contributed by atoms with E-state index < -0.39 is 0 Å². The minimum Gasteiger partial charge on any atom is -0.301 e. The van der Waals surface area contributed by atoms with Crippen LogP contribution in [-0.2, 0) is 24.1 Å². The van der Waals surface area contributed by atoms with Gasteiger partial charge >= 0.3 is 0 Å². The van der Waals surface area contributed by atoms with Gasteiger partial charge in [-0.25, -0.2) is 14.4 Å². The van der Waals surface area contributed by atoms with Gasteiger partial charge < -0.3 is 5.32 Å². The molecule has 3 heterocycles. The predicted octanol–water partition coefficient (Wildman–Crippen LogP) is 6.24. The number of halogens is 1. The smallest absolute Gasteiger partial charge is 0.267 e. The van der Waals surface area contributed by atoms with Crippen molar-refractivity contribution in [3.8, 4) is 5.69 Å². The molecule has 10 heteroatoms. The average Bonchev–Trinajstić information content (AvgIpc) is 3.53. The van der Waals surface area contributed by atoms with Crippen molar-refractivity contribution in [3.63, 3.8) is 0 Å². The van der Waals surface area contributed by atoms with E-state index in [1.54, 1.807) is 34.2 Å². The molecule has 6 nitrogen and oxygen atoms in total. The van der Waals surface area contributed by atoms with Gasteiger partial charge in [-0.1, -0.05) is 42.1 Å². The molecule has 192 valence electrons. The van der Waals surface area contributed by atoms with Gasteiger partial charge in [-0.15, -0.1) is 22.7 Å². The van der Waals surface area contributed by atoms with Crippen molar-refractivity contribution in [2.24, 2.45) is 0 Å². The third-order valence-corrected chi connectivity index (χ3v) is 9.43.